The van der Waals surface area contributed by atoms with Crippen LogP contribution in [-0.2, 0) is 34.8 Å². The molecule has 0 spiro atoms. The first-order valence-corrected chi connectivity index (χ1v) is 14.2. The van der Waals surface area contributed by atoms with Gasteiger partial charge in [-0.15, -0.1) is 0 Å². The van der Waals surface area contributed by atoms with E-state index >= 15 is 0 Å². The van der Waals surface area contributed by atoms with Gasteiger partial charge in [0.05, 0.1) is 6.61 Å². The third-order valence-electron chi connectivity index (χ3n) is 5.38. The number of benzene rings is 3. The van der Waals surface area contributed by atoms with E-state index < -0.39 is 16.5 Å². The lowest BCUT2D eigenvalue weighted by molar-refractivity contribution is -0.682. The highest BCUT2D eigenvalue weighted by molar-refractivity contribution is 7.79. The van der Waals surface area contributed by atoms with E-state index in [1.165, 1.54) is 24.3 Å². The van der Waals surface area contributed by atoms with Crippen LogP contribution in [-0.4, -0.2) is 27.9 Å². The summed E-state index contributed by atoms with van der Waals surface area (Å²) in [7, 11) is -4.92. The summed E-state index contributed by atoms with van der Waals surface area (Å²) in [5.41, 5.74) is 2.00. The minimum absolute atomic E-state index is 0.117. The highest BCUT2D eigenvalue weighted by atomic mass is 35.5. The number of halogens is 5. The summed E-state index contributed by atoms with van der Waals surface area (Å²) in [6.07, 6.45) is 5.00. The van der Waals surface area contributed by atoms with Crippen LogP contribution in [0.3, 0.4) is 0 Å². The van der Waals surface area contributed by atoms with Crippen molar-refractivity contribution in [1.82, 2.24) is 4.57 Å². The van der Waals surface area contributed by atoms with E-state index in [2.05, 4.69) is 0 Å². The van der Waals surface area contributed by atoms with E-state index in [0.29, 0.717) is 32.2 Å². The molecule has 0 saturated carbocycles. The Hall–Kier alpha value is -2.54. The van der Waals surface area contributed by atoms with Gasteiger partial charge < -0.3 is 9.29 Å². The predicted molar refractivity (Wildman–Crippen MR) is 148 cm³/mol. The van der Waals surface area contributed by atoms with Crippen molar-refractivity contribution in [3.8, 4) is 0 Å². The Labute approximate surface area is 250 Å². The molecule has 40 heavy (non-hydrogen) atoms. The molecule has 0 aliphatic carbocycles. The van der Waals surface area contributed by atoms with Crippen molar-refractivity contribution >= 4 is 62.6 Å². The van der Waals surface area contributed by atoms with Crippen molar-refractivity contribution in [1.29, 1.82) is 0 Å². The van der Waals surface area contributed by atoms with Gasteiger partial charge in [-0.25, -0.2) is 21.9 Å². The minimum atomic E-state index is -4.92. The second-order valence-corrected chi connectivity index (χ2v) is 10.9. The summed E-state index contributed by atoms with van der Waals surface area (Å²) in [6, 6.07) is 16.0. The van der Waals surface area contributed by atoms with Crippen LogP contribution in [0.5, 0.6) is 0 Å². The normalized spacial score (nSPS) is 12.0. The number of carbonyl (C=O) groups is 1. The number of hydrogen-bond donors (Lipinski definition) is 1. The third-order valence-corrected chi connectivity index (χ3v) is 6.53. The van der Waals surface area contributed by atoms with Gasteiger partial charge in [0, 0.05) is 31.2 Å². The number of ether oxygens (including phenoxy) is 1. The van der Waals surface area contributed by atoms with Crippen LogP contribution < -0.4 is 4.57 Å². The molecule has 0 radical (unpaired) electrons. The molecule has 1 heterocycles. The average Bonchev–Trinajstić information content (AvgIpc) is 3.29. The maximum atomic E-state index is 13.1. The first-order chi connectivity index (χ1) is 18.8. The highest BCUT2D eigenvalue weighted by Crippen LogP contribution is 2.31. The topological polar surface area (TPSA) is 113 Å². The molecule has 1 N–H and O–H groups in total. The van der Waals surface area contributed by atoms with Gasteiger partial charge >= 0.3 is 0 Å². The van der Waals surface area contributed by atoms with Crippen molar-refractivity contribution < 1.29 is 36.0 Å². The van der Waals surface area contributed by atoms with Crippen LogP contribution in [0.1, 0.15) is 27.6 Å². The Morgan fingerprint density at radius 1 is 1.00 bits per heavy atom. The lowest BCUT2D eigenvalue weighted by atomic mass is 10.1. The summed E-state index contributed by atoms with van der Waals surface area (Å²) in [5.74, 6) is -0.508. The van der Waals surface area contributed by atoms with Crippen molar-refractivity contribution in [2.75, 3.05) is 0 Å². The first kappa shape index (κ1) is 32.0. The molecule has 4 rings (SSSR count). The summed E-state index contributed by atoms with van der Waals surface area (Å²) in [6.45, 7) is 0.778. The van der Waals surface area contributed by atoms with Crippen molar-refractivity contribution in [3.05, 3.63) is 122 Å². The van der Waals surface area contributed by atoms with Gasteiger partial charge in [-0.3, -0.25) is 9.35 Å². The molecule has 212 valence electrons. The fourth-order valence-corrected chi connectivity index (χ4v) is 4.55. The number of hydrogen-bond acceptors (Lipinski definition) is 5. The smallest absolute Gasteiger partial charge is 0.244 e. The summed E-state index contributed by atoms with van der Waals surface area (Å²) in [5, 5.41) is 2.06. The fourth-order valence-electron chi connectivity index (χ4n) is 3.56. The van der Waals surface area contributed by atoms with Gasteiger partial charge in [0.25, 0.3) is 0 Å². The number of aromatic nitrogens is 2. The molecule has 0 aliphatic heterocycles. The lowest BCUT2D eigenvalue weighted by Crippen LogP contribution is -2.36. The molecule has 1 aromatic heterocycles. The zero-order valence-electron chi connectivity index (χ0n) is 20.4. The van der Waals surface area contributed by atoms with Crippen LogP contribution in [0.2, 0.25) is 20.1 Å². The first-order valence-electron chi connectivity index (χ1n) is 11.3. The Balaban J connectivity index is 0.000000810. The maximum Gasteiger partial charge on any atom is 0.244 e. The summed E-state index contributed by atoms with van der Waals surface area (Å²) < 4.78 is 55.9. The van der Waals surface area contributed by atoms with E-state index in [-0.39, 0.29) is 24.8 Å². The average molecular weight is 650 g/mol. The van der Waals surface area contributed by atoms with Gasteiger partial charge in [-0.1, -0.05) is 58.5 Å². The number of nitrogens with zero attached hydrogens (tertiary/aromatic N) is 2. The van der Waals surface area contributed by atoms with Gasteiger partial charge in [0.15, 0.2) is 6.54 Å². The SMILES string of the molecule is O=C(C[n+]1ccn(CC(OCc2ccc(Cl)cc2Cl)c2ccc(Cl)cc2Cl)c1)c1ccc(F)cc1.O=S(=O)([O-])O. The maximum absolute atomic E-state index is 13.1. The quantitative estimate of drug-likeness (QED) is 0.0975. The van der Waals surface area contributed by atoms with E-state index in [1.807, 2.05) is 22.9 Å². The van der Waals surface area contributed by atoms with Crippen LogP contribution in [0.15, 0.2) is 79.4 Å². The number of ketones is 1. The van der Waals surface area contributed by atoms with Crippen molar-refractivity contribution in [2.45, 2.75) is 25.8 Å². The van der Waals surface area contributed by atoms with Gasteiger partial charge in [-0.2, -0.15) is 0 Å². The Morgan fingerprint density at radius 3 is 2.20 bits per heavy atom. The van der Waals surface area contributed by atoms with Crippen LogP contribution in [0.4, 0.5) is 4.39 Å². The van der Waals surface area contributed by atoms with E-state index in [9.17, 15) is 9.18 Å². The summed E-state index contributed by atoms with van der Waals surface area (Å²) >= 11 is 24.9. The molecule has 0 fully saturated rings. The molecule has 0 bridgehead atoms. The van der Waals surface area contributed by atoms with Crippen molar-refractivity contribution in [3.63, 3.8) is 0 Å². The lowest BCUT2D eigenvalue weighted by Gasteiger charge is -2.19. The zero-order valence-corrected chi connectivity index (χ0v) is 24.2. The van der Waals surface area contributed by atoms with Crippen LogP contribution in [0, 0.1) is 5.82 Å². The van der Waals surface area contributed by atoms with Gasteiger partial charge in [-0.05, 0) is 54.1 Å². The molecule has 1 atom stereocenters. The molecular formula is C26H21Cl4FN2O6S. The van der Waals surface area contributed by atoms with E-state index in [4.69, 9.17) is 68.7 Å². The molecule has 3 aromatic carbocycles. The number of rotatable bonds is 9. The monoisotopic (exact) mass is 648 g/mol. The Kier molecular flexibility index (Phi) is 11.5. The Morgan fingerprint density at radius 2 is 1.60 bits per heavy atom. The van der Waals surface area contributed by atoms with Gasteiger partial charge in [0.1, 0.15) is 30.9 Å². The molecule has 4 aromatic rings. The van der Waals surface area contributed by atoms with Crippen LogP contribution >= 0.6 is 46.4 Å². The minimum Gasteiger partial charge on any atom is -0.726 e. The van der Waals surface area contributed by atoms with E-state index in [0.717, 1.165) is 11.1 Å². The fraction of sp³-hybridized carbons (Fsp3) is 0.154. The highest BCUT2D eigenvalue weighted by Gasteiger charge is 2.21. The Bertz CT molecular complexity index is 1570. The second kappa shape index (κ2) is 14.4. The zero-order chi connectivity index (χ0) is 29.4. The molecule has 1 unspecified atom stereocenters. The van der Waals surface area contributed by atoms with Gasteiger partial charge in [0.2, 0.25) is 22.5 Å². The molecule has 8 nitrogen and oxygen atoms in total. The molecule has 0 amide bonds. The number of Topliss-reactive ketones (excluding diaryl/α,β-unsaturated/α-hetero) is 1. The molecular weight excluding hydrogens is 629 g/mol. The molecule has 0 aliphatic rings. The second-order valence-electron chi connectivity index (χ2n) is 8.34. The largest absolute Gasteiger partial charge is 0.726 e. The number of carbonyl (C=O) groups excluding carboxylic acids is 1. The third kappa shape index (κ3) is 10.5. The standard InChI is InChI=1S/C26H20Cl4FN2O2.H2O4S/c27-19-4-1-18(23(29)11-19)15-35-26(22-8-5-20(28)12-24(22)30)14-33-10-9-32(16-33)13-25(34)17-2-6-21(31)7-3-17;1-5(2,3)4/h1-12,16,26H,13-15H2;(H2,1,2,3,4)/q+1;/p-1. The summed E-state index contributed by atoms with van der Waals surface area (Å²) in [4.78, 5) is 12.5. The number of imidazole rings is 1. The van der Waals surface area contributed by atoms with Crippen molar-refractivity contribution in [2.24, 2.45) is 0 Å². The molecule has 0 saturated heterocycles. The molecule has 14 heteroatoms. The van der Waals surface area contributed by atoms with E-state index in [1.54, 1.807) is 41.4 Å². The van der Waals surface area contributed by atoms with Crippen LogP contribution in [0.25, 0.3) is 0 Å². The predicted octanol–water partition coefficient (Wildman–Crippen LogP) is 6.37.